The molecule has 2 aromatic carbocycles. The average molecular weight is 267 g/mol. The van der Waals surface area contributed by atoms with Crippen molar-refractivity contribution >= 4 is 32.9 Å². The van der Waals surface area contributed by atoms with Crippen LogP contribution in [0.25, 0.3) is 10.8 Å². The standard InChI is InChI=1S/C11H9NO5S/c13-11(14)12(18(15,16)17)10-7-3-5-8-4-1-2-6-9(8)10/h1-7H,(H,13,14)(H,15,16,17). The van der Waals surface area contributed by atoms with Crippen LogP contribution in [-0.2, 0) is 10.3 Å². The molecular formula is C11H9NO5S. The van der Waals surface area contributed by atoms with E-state index < -0.39 is 16.4 Å². The summed E-state index contributed by atoms with van der Waals surface area (Å²) in [4.78, 5) is 11.0. The van der Waals surface area contributed by atoms with Gasteiger partial charge in [-0.3, -0.25) is 4.55 Å². The Balaban J connectivity index is 2.77. The first-order valence-electron chi connectivity index (χ1n) is 4.89. The van der Waals surface area contributed by atoms with Crippen LogP contribution in [0.3, 0.4) is 0 Å². The van der Waals surface area contributed by atoms with Crippen molar-refractivity contribution in [3.63, 3.8) is 0 Å². The summed E-state index contributed by atoms with van der Waals surface area (Å²) in [6.07, 6.45) is -1.77. The zero-order chi connectivity index (χ0) is 13.3. The van der Waals surface area contributed by atoms with E-state index in [2.05, 4.69) is 0 Å². The van der Waals surface area contributed by atoms with E-state index in [1.54, 1.807) is 30.3 Å². The summed E-state index contributed by atoms with van der Waals surface area (Å²) in [5.74, 6) is 0. The lowest BCUT2D eigenvalue weighted by Crippen LogP contribution is -2.35. The molecular weight excluding hydrogens is 258 g/mol. The molecule has 0 bridgehead atoms. The second-order valence-corrected chi connectivity index (χ2v) is 4.78. The van der Waals surface area contributed by atoms with Crippen LogP contribution < -0.4 is 4.31 Å². The van der Waals surface area contributed by atoms with Gasteiger partial charge in [0.1, 0.15) is 0 Å². The third-order valence-corrected chi connectivity index (χ3v) is 3.20. The van der Waals surface area contributed by atoms with Gasteiger partial charge in [0.05, 0.1) is 5.69 Å². The summed E-state index contributed by atoms with van der Waals surface area (Å²) >= 11 is 0. The lowest BCUT2D eigenvalue weighted by atomic mass is 10.1. The van der Waals surface area contributed by atoms with Crippen LogP contribution in [-0.4, -0.2) is 24.2 Å². The van der Waals surface area contributed by atoms with Crippen LogP contribution in [0.2, 0.25) is 0 Å². The van der Waals surface area contributed by atoms with Gasteiger partial charge in [0.25, 0.3) is 0 Å². The number of benzene rings is 2. The second-order valence-electron chi connectivity index (χ2n) is 3.52. The summed E-state index contributed by atoms with van der Waals surface area (Å²) in [6, 6.07) is 11.2. The Morgan fingerprint density at radius 3 is 2.28 bits per heavy atom. The van der Waals surface area contributed by atoms with E-state index in [0.29, 0.717) is 10.8 Å². The minimum Gasteiger partial charge on any atom is -0.464 e. The molecule has 0 atom stereocenters. The Kier molecular flexibility index (Phi) is 2.93. The van der Waals surface area contributed by atoms with Crippen molar-refractivity contribution in [3.05, 3.63) is 42.5 Å². The highest BCUT2D eigenvalue weighted by atomic mass is 32.2. The molecule has 0 aromatic heterocycles. The van der Waals surface area contributed by atoms with Gasteiger partial charge < -0.3 is 5.11 Å². The van der Waals surface area contributed by atoms with E-state index in [1.807, 2.05) is 0 Å². The third kappa shape index (κ3) is 2.13. The molecule has 0 unspecified atom stereocenters. The van der Waals surface area contributed by atoms with Crippen LogP contribution in [0.4, 0.5) is 10.5 Å². The topological polar surface area (TPSA) is 94.9 Å². The van der Waals surface area contributed by atoms with E-state index >= 15 is 0 Å². The van der Waals surface area contributed by atoms with Gasteiger partial charge in [0, 0.05) is 5.39 Å². The van der Waals surface area contributed by atoms with Gasteiger partial charge in [-0.05, 0) is 11.5 Å². The Morgan fingerprint density at radius 2 is 1.67 bits per heavy atom. The summed E-state index contributed by atoms with van der Waals surface area (Å²) < 4.78 is 31.2. The molecule has 0 heterocycles. The fourth-order valence-electron chi connectivity index (χ4n) is 1.71. The SMILES string of the molecule is O=C(O)N(c1cccc2ccccc12)S(=O)(=O)O. The number of nitrogens with zero attached hydrogens (tertiary/aromatic N) is 1. The molecule has 0 fully saturated rings. The molecule has 2 rings (SSSR count). The van der Waals surface area contributed by atoms with Crippen molar-refractivity contribution in [2.45, 2.75) is 0 Å². The van der Waals surface area contributed by atoms with Crippen molar-refractivity contribution in [1.29, 1.82) is 0 Å². The Morgan fingerprint density at radius 1 is 1.06 bits per heavy atom. The van der Waals surface area contributed by atoms with E-state index in [1.165, 1.54) is 12.1 Å². The van der Waals surface area contributed by atoms with Gasteiger partial charge in [-0.25, -0.2) is 4.79 Å². The molecule has 0 aliphatic rings. The van der Waals surface area contributed by atoms with Crippen molar-refractivity contribution in [3.8, 4) is 0 Å². The number of amides is 1. The zero-order valence-corrected chi connectivity index (χ0v) is 9.83. The largest absolute Gasteiger partial charge is 0.464 e. The monoisotopic (exact) mass is 267 g/mol. The Hall–Kier alpha value is -2.12. The summed E-state index contributed by atoms with van der Waals surface area (Å²) in [5, 5.41) is 10.00. The molecule has 0 saturated heterocycles. The lowest BCUT2D eigenvalue weighted by Gasteiger charge is -2.17. The van der Waals surface area contributed by atoms with E-state index in [4.69, 9.17) is 9.66 Å². The number of anilines is 1. The molecule has 2 N–H and O–H groups in total. The highest BCUT2D eigenvalue weighted by Crippen LogP contribution is 2.28. The van der Waals surface area contributed by atoms with Crippen molar-refractivity contribution < 1.29 is 22.9 Å². The maximum absolute atomic E-state index is 11.1. The summed E-state index contributed by atoms with van der Waals surface area (Å²) in [7, 11) is -4.87. The average Bonchev–Trinajstić information content (AvgIpc) is 2.27. The molecule has 0 radical (unpaired) electrons. The lowest BCUT2D eigenvalue weighted by molar-refractivity contribution is 0.205. The number of hydrogen-bond donors (Lipinski definition) is 2. The number of fused-ring (bicyclic) bond motifs is 1. The predicted octanol–water partition coefficient (Wildman–Crippen LogP) is 2.13. The van der Waals surface area contributed by atoms with Crippen LogP contribution in [0.1, 0.15) is 0 Å². The van der Waals surface area contributed by atoms with Gasteiger partial charge in [-0.1, -0.05) is 36.4 Å². The van der Waals surface area contributed by atoms with Gasteiger partial charge >= 0.3 is 16.4 Å². The second kappa shape index (κ2) is 4.28. The van der Waals surface area contributed by atoms with Crippen molar-refractivity contribution in [2.75, 3.05) is 4.31 Å². The molecule has 18 heavy (non-hydrogen) atoms. The van der Waals surface area contributed by atoms with Crippen LogP contribution in [0.5, 0.6) is 0 Å². The van der Waals surface area contributed by atoms with Crippen molar-refractivity contribution in [1.82, 2.24) is 0 Å². The minimum atomic E-state index is -4.87. The van der Waals surface area contributed by atoms with Gasteiger partial charge in [-0.2, -0.15) is 8.42 Å². The highest BCUT2D eigenvalue weighted by molar-refractivity contribution is 7.88. The Bertz CT molecular complexity index is 705. The number of rotatable bonds is 2. The van der Waals surface area contributed by atoms with Crippen LogP contribution in [0.15, 0.2) is 42.5 Å². The third-order valence-electron chi connectivity index (χ3n) is 2.39. The molecule has 0 spiro atoms. The normalized spacial score (nSPS) is 11.4. The number of carboxylic acid groups (broad SMARTS) is 1. The van der Waals surface area contributed by atoms with Crippen LogP contribution >= 0.6 is 0 Å². The first kappa shape index (κ1) is 12.3. The van der Waals surface area contributed by atoms with Gasteiger partial charge in [0.2, 0.25) is 0 Å². The van der Waals surface area contributed by atoms with Crippen LogP contribution in [0, 0.1) is 0 Å². The van der Waals surface area contributed by atoms with E-state index in [-0.39, 0.29) is 9.99 Å². The number of hydrogen-bond acceptors (Lipinski definition) is 3. The maximum atomic E-state index is 11.1. The Labute approximate surface area is 103 Å². The molecule has 0 aliphatic heterocycles. The van der Waals surface area contributed by atoms with Gasteiger partial charge in [-0.15, -0.1) is 4.31 Å². The fourth-order valence-corrected chi connectivity index (χ4v) is 2.32. The molecule has 2 aromatic rings. The molecule has 0 saturated carbocycles. The quantitative estimate of drug-likeness (QED) is 0.813. The first-order valence-corrected chi connectivity index (χ1v) is 6.29. The fraction of sp³-hybridized carbons (Fsp3) is 0. The molecule has 94 valence electrons. The molecule has 0 aliphatic carbocycles. The van der Waals surface area contributed by atoms with E-state index in [9.17, 15) is 13.2 Å². The highest BCUT2D eigenvalue weighted by Gasteiger charge is 2.28. The number of carbonyl (C=O) groups is 1. The smallest absolute Gasteiger partial charge is 0.427 e. The van der Waals surface area contributed by atoms with E-state index in [0.717, 1.165) is 0 Å². The molecule has 7 heteroatoms. The minimum absolute atomic E-state index is 0.0602. The van der Waals surface area contributed by atoms with Crippen molar-refractivity contribution in [2.24, 2.45) is 0 Å². The maximum Gasteiger partial charge on any atom is 0.427 e. The summed E-state index contributed by atoms with van der Waals surface area (Å²) in [6.45, 7) is 0. The summed E-state index contributed by atoms with van der Waals surface area (Å²) in [5.41, 5.74) is -0.108. The predicted molar refractivity (Wildman–Crippen MR) is 66.0 cm³/mol. The van der Waals surface area contributed by atoms with Gasteiger partial charge in [0.15, 0.2) is 0 Å². The molecule has 6 nitrogen and oxygen atoms in total. The molecule has 1 amide bonds. The zero-order valence-electron chi connectivity index (χ0n) is 9.02. The first-order chi connectivity index (χ1) is 8.41.